The second-order valence-electron chi connectivity index (χ2n) is 3.63. The van der Waals surface area contributed by atoms with Crippen molar-refractivity contribution in [2.24, 2.45) is 0 Å². The van der Waals surface area contributed by atoms with Gasteiger partial charge in [-0.3, -0.25) is 0 Å². The Labute approximate surface area is 90.1 Å². The molecular weight excluding hydrogens is 184 g/mol. The van der Waals surface area contributed by atoms with Crippen LogP contribution >= 0.6 is 0 Å². The fraction of sp³-hybridized carbons (Fsp3) is 0.231. The molecule has 0 saturated heterocycles. The van der Waals surface area contributed by atoms with Gasteiger partial charge in [-0.15, -0.1) is 6.58 Å². The first-order chi connectivity index (χ1) is 7.16. The van der Waals surface area contributed by atoms with Crippen molar-refractivity contribution in [1.82, 2.24) is 0 Å². The van der Waals surface area contributed by atoms with Crippen molar-refractivity contribution in [2.75, 3.05) is 0 Å². The third-order valence-electron chi connectivity index (χ3n) is 2.45. The Balaban J connectivity index is 3.10. The highest BCUT2D eigenvalue weighted by atomic mass is 14.3. The van der Waals surface area contributed by atoms with Crippen molar-refractivity contribution < 1.29 is 0 Å². The Morgan fingerprint density at radius 1 is 1.33 bits per heavy atom. The molecule has 0 aliphatic heterocycles. The minimum Gasteiger partial charge on any atom is -0.197 e. The van der Waals surface area contributed by atoms with Crippen LogP contribution in [0.25, 0.3) is 0 Å². The molecule has 0 bridgehead atoms. The first kappa shape index (κ1) is 11.0. The van der Waals surface area contributed by atoms with E-state index in [0.29, 0.717) is 12.0 Å². The predicted octanol–water partition coefficient (Wildman–Crippen LogP) is 2.92. The van der Waals surface area contributed by atoms with Gasteiger partial charge in [-0.05, 0) is 31.0 Å². The minimum absolute atomic E-state index is 0.546. The zero-order valence-corrected chi connectivity index (χ0v) is 8.70. The number of hydrogen-bond acceptors (Lipinski definition) is 2. The summed E-state index contributed by atoms with van der Waals surface area (Å²) in [6, 6.07) is 11.4. The van der Waals surface area contributed by atoms with Gasteiger partial charge in [0, 0.05) is 0 Å². The maximum Gasteiger partial charge on any atom is 0.0991 e. The van der Waals surface area contributed by atoms with Gasteiger partial charge in [0.2, 0.25) is 0 Å². The minimum atomic E-state index is -0.546. The van der Waals surface area contributed by atoms with Crippen molar-refractivity contribution in [2.45, 2.75) is 18.8 Å². The van der Waals surface area contributed by atoms with Gasteiger partial charge in [0.25, 0.3) is 0 Å². The Kier molecular flexibility index (Phi) is 3.26. The fourth-order valence-corrected chi connectivity index (χ4v) is 1.43. The van der Waals surface area contributed by atoms with E-state index >= 15 is 0 Å². The van der Waals surface area contributed by atoms with E-state index in [-0.39, 0.29) is 0 Å². The molecule has 1 atom stereocenters. The van der Waals surface area contributed by atoms with Crippen LogP contribution in [-0.4, -0.2) is 0 Å². The van der Waals surface area contributed by atoms with E-state index in [1.165, 1.54) is 0 Å². The van der Waals surface area contributed by atoms with E-state index in [1.807, 2.05) is 19.1 Å². The Bertz CT molecular complexity index is 431. The number of nitriles is 2. The van der Waals surface area contributed by atoms with Crippen molar-refractivity contribution in [3.8, 4) is 12.1 Å². The molecule has 0 saturated carbocycles. The topological polar surface area (TPSA) is 47.6 Å². The van der Waals surface area contributed by atoms with Crippen molar-refractivity contribution >= 4 is 0 Å². The summed E-state index contributed by atoms with van der Waals surface area (Å²) in [5.41, 5.74) is 0.983. The van der Waals surface area contributed by atoms with E-state index in [1.54, 1.807) is 18.2 Å². The molecule has 0 spiro atoms. The van der Waals surface area contributed by atoms with Gasteiger partial charge >= 0.3 is 0 Å². The second kappa shape index (κ2) is 4.44. The molecular formula is C13H12N2. The molecule has 0 radical (unpaired) electrons. The van der Waals surface area contributed by atoms with Crippen LogP contribution in [0.15, 0.2) is 36.9 Å². The lowest BCUT2D eigenvalue weighted by Crippen LogP contribution is -2.18. The maximum atomic E-state index is 9.13. The number of hydrogen-bond donors (Lipinski definition) is 0. The van der Waals surface area contributed by atoms with E-state index < -0.39 is 5.41 Å². The average molecular weight is 196 g/mol. The molecule has 0 N–H and O–H groups in total. The van der Waals surface area contributed by atoms with Crippen LogP contribution in [0.4, 0.5) is 0 Å². The summed E-state index contributed by atoms with van der Waals surface area (Å²) < 4.78 is 0. The summed E-state index contributed by atoms with van der Waals surface area (Å²) in [5, 5.41) is 17.8. The summed E-state index contributed by atoms with van der Waals surface area (Å²) in [6.45, 7) is 5.52. The molecule has 1 rings (SSSR count). The molecule has 15 heavy (non-hydrogen) atoms. The largest absolute Gasteiger partial charge is 0.197 e. The lowest BCUT2D eigenvalue weighted by Gasteiger charge is -2.19. The highest BCUT2D eigenvalue weighted by Crippen LogP contribution is 2.27. The monoisotopic (exact) mass is 196 g/mol. The number of rotatable bonds is 3. The SMILES string of the molecule is C=CCC(C)(C#N)c1ccc(C#N)cc1. The molecule has 1 aromatic rings. The van der Waals surface area contributed by atoms with E-state index in [0.717, 1.165) is 5.56 Å². The van der Waals surface area contributed by atoms with Gasteiger partial charge in [0.15, 0.2) is 0 Å². The Morgan fingerprint density at radius 2 is 1.93 bits per heavy atom. The fourth-order valence-electron chi connectivity index (χ4n) is 1.43. The van der Waals surface area contributed by atoms with Crippen LogP contribution in [0.1, 0.15) is 24.5 Å². The van der Waals surface area contributed by atoms with Crippen LogP contribution < -0.4 is 0 Å². The molecule has 0 amide bonds. The molecule has 2 nitrogen and oxygen atoms in total. The molecule has 0 fully saturated rings. The second-order valence-corrected chi connectivity index (χ2v) is 3.63. The predicted molar refractivity (Wildman–Crippen MR) is 58.9 cm³/mol. The summed E-state index contributed by atoms with van der Waals surface area (Å²) in [5.74, 6) is 0. The molecule has 0 aromatic heterocycles. The van der Waals surface area contributed by atoms with Gasteiger partial charge in [0.05, 0.1) is 23.1 Å². The van der Waals surface area contributed by atoms with Crippen LogP contribution in [0.5, 0.6) is 0 Å². The third kappa shape index (κ3) is 2.24. The lowest BCUT2D eigenvalue weighted by atomic mass is 9.81. The van der Waals surface area contributed by atoms with Crippen molar-refractivity contribution in [1.29, 1.82) is 10.5 Å². The maximum absolute atomic E-state index is 9.13. The molecule has 1 unspecified atom stereocenters. The normalized spacial score (nSPS) is 13.3. The van der Waals surface area contributed by atoms with Gasteiger partial charge in [0.1, 0.15) is 0 Å². The first-order valence-electron chi connectivity index (χ1n) is 4.69. The van der Waals surface area contributed by atoms with Crippen LogP contribution in [0.2, 0.25) is 0 Å². The van der Waals surface area contributed by atoms with E-state index in [2.05, 4.69) is 18.7 Å². The van der Waals surface area contributed by atoms with Gasteiger partial charge in [-0.25, -0.2) is 0 Å². The zero-order valence-electron chi connectivity index (χ0n) is 8.70. The molecule has 74 valence electrons. The first-order valence-corrected chi connectivity index (χ1v) is 4.69. The van der Waals surface area contributed by atoms with Gasteiger partial charge in [-0.2, -0.15) is 10.5 Å². The number of benzene rings is 1. The lowest BCUT2D eigenvalue weighted by molar-refractivity contribution is 0.621. The molecule has 2 heteroatoms. The summed E-state index contributed by atoms with van der Waals surface area (Å²) in [6.07, 6.45) is 2.34. The van der Waals surface area contributed by atoms with E-state index in [9.17, 15) is 0 Å². The Morgan fingerprint density at radius 3 is 2.33 bits per heavy atom. The summed E-state index contributed by atoms with van der Waals surface area (Å²) in [4.78, 5) is 0. The zero-order chi connectivity index (χ0) is 11.3. The smallest absolute Gasteiger partial charge is 0.0991 e. The van der Waals surface area contributed by atoms with Crippen LogP contribution in [0, 0.1) is 22.7 Å². The average Bonchev–Trinajstić information content (AvgIpc) is 2.29. The van der Waals surface area contributed by atoms with Gasteiger partial charge < -0.3 is 0 Å². The molecule has 0 aliphatic carbocycles. The summed E-state index contributed by atoms with van der Waals surface area (Å²) in [7, 11) is 0. The number of allylic oxidation sites excluding steroid dienone is 1. The van der Waals surface area contributed by atoms with Crippen molar-refractivity contribution in [3.63, 3.8) is 0 Å². The van der Waals surface area contributed by atoms with Crippen LogP contribution in [-0.2, 0) is 5.41 Å². The Hall–Kier alpha value is -2.06. The van der Waals surface area contributed by atoms with E-state index in [4.69, 9.17) is 10.5 Å². The third-order valence-corrected chi connectivity index (χ3v) is 2.45. The highest BCUT2D eigenvalue weighted by Gasteiger charge is 2.24. The standard InChI is InChI=1S/C13H12N2/c1-3-8-13(2,10-15)12-6-4-11(9-14)5-7-12/h3-7H,1,8H2,2H3. The molecule has 0 heterocycles. The summed E-state index contributed by atoms with van der Waals surface area (Å²) >= 11 is 0. The quantitative estimate of drug-likeness (QED) is 0.698. The molecule has 1 aromatic carbocycles. The number of nitrogens with zero attached hydrogens (tertiary/aromatic N) is 2. The highest BCUT2D eigenvalue weighted by molar-refractivity contribution is 5.38. The van der Waals surface area contributed by atoms with Gasteiger partial charge in [-0.1, -0.05) is 18.2 Å². The molecule has 0 aliphatic rings. The van der Waals surface area contributed by atoms with Crippen LogP contribution in [0.3, 0.4) is 0 Å². The van der Waals surface area contributed by atoms with Crippen molar-refractivity contribution in [3.05, 3.63) is 48.0 Å².